The number of rotatable bonds is 8. The summed E-state index contributed by atoms with van der Waals surface area (Å²) in [5, 5.41) is 6.70. The van der Waals surface area contributed by atoms with E-state index >= 15 is 0 Å². The van der Waals surface area contributed by atoms with Gasteiger partial charge < -0.3 is 20.3 Å². The van der Waals surface area contributed by atoms with Crippen LogP contribution in [0, 0.1) is 5.82 Å². The highest BCUT2D eigenvalue weighted by molar-refractivity contribution is 5.79. The zero-order valence-corrected chi connectivity index (χ0v) is 17.9. The third-order valence-electron chi connectivity index (χ3n) is 5.33. The fourth-order valence-electron chi connectivity index (χ4n) is 3.62. The molecular formula is C23H32FN5O. The Morgan fingerprint density at radius 1 is 1.07 bits per heavy atom. The summed E-state index contributed by atoms with van der Waals surface area (Å²) in [5.74, 6) is 1.51. The van der Waals surface area contributed by atoms with Gasteiger partial charge >= 0.3 is 0 Å². The third kappa shape index (κ3) is 6.35. The average molecular weight is 414 g/mol. The topological polar surface area (TPSA) is 52.1 Å². The van der Waals surface area contributed by atoms with Crippen LogP contribution in [-0.4, -0.2) is 64.3 Å². The highest BCUT2D eigenvalue weighted by Gasteiger charge is 2.18. The fourth-order valence-corrected chi connectivity index (χ4v) is 3.62. The van der Waals surface area contributed by atoms with Gasteiger partial charge in [-0.1, -0.05) is 24.3 Å². The van der Waals surface area contributed by atoms with Crippen molar-refractivity contribution in [3.05, 3.63) is 59.9 Å². The van der Waals surface area contributed by atoms with E-state index in [1.807, 2.05) is 30.3 Å². The molecule has 2 aromatic carbocycles. The standard InChI is InChI=1S/C23H32FN5O/c1-25-23(27-18-19-7-5-8-20(17-19)30-2)26-11-6-12-28-13-15-29(16-14-28)22-10-4-3-9-21(22)24/h3-5,7-10,17H,6,11-16,18H2,1-2H3,(H2,25,26,27). The van der Waals surface area contributed by atoms with Crippen LogP contribution in [0.25, 0.3) is 0 Å². The van der Waals surface area contributed by atoms with Crippen LogP contribution in [0.15, 0.2) is 53.5 Å². The molecule has 0 spiro atoms. The first-order valence-corrected chi connectivity index (χ1v) is 10.5. The molecule has 0 amide bonds. The lowest BCUT2D eigenvalue weighted by molar-refractivity contribution is 0.254. The number of nitrogens with one attached hydrogen (secondary N) is 2. The summed E-state index contributed by atoms with van der Waals surface area (Å²) in [7, 11) is 3.45. The van der Waals surface area contributed by atoms with E-state index < -0.39 is 0 Å². The van der Waals surface area contributed by atoms with Gasteiger partial charge in [0.15, 0.2) is 5.96 Å². The molecule has 0 atom stereocenters. The van der Waals surface area contributed by atoms with Gasteiger partial charge in [-0.2, -0.15) is 0 Å². The molecule has 30 heavy (non-hydrogen) atoms. The van der Waals surface area contributed by atoms with Crippen molar-refractivity contribution < 1.29 is 9.13 Å². The number of nitrogens with zero attached hydrogens (tertiary/aromatic N) is 3. The number of methoxy groups -OCH3 is 1. The number of guanidine groups is 1. The molecule has 3 rings (SSSR count). The number of aliphatic imine (C=N–C) groups is 1. The minimum atomic E-state index is -0.136. The second-order valence-electron chi connectivity index (χ2n) is 7.34. The summed E-state index contributed by atoms with van der Waals surface area (Å²) in [6, 6.07) is 15.0. The number of ether oxygens (including phenoxy) is 1. The van der Waals surface area contributed by atoms with Crippen LogP contribution in [-0.2, 0) is 6.54 Å². The lowest BCUT2D eigenvalue weighted by Crippen LogP contribution is -2.47. The van der Waals surface area contributed by atoms with Crippen molar-refractivity contribution >= 4 is 11.6 Å². The highest BCUT2D eigenvalue weighted by Crippen LogP contribution is 2.20. The van der Waals surface area contributed by atoms with Crippen LogP contribution in [0.1, 0.15) is 12.0 Å². The van der Waals surface area contributed by atoms with Crippen LogP contribution in [0.5, 0.6) is 5.75 Å². The van der Waals surface area contributed by atoms with Gasteiger partial charge in [0.05, 0.1) is 12.8 Å². The van der Waals surface area contributed by atoms with E-state index in [0.29, 0.717) is 12.2 Å². The van der Waals surface area contributed by atoms with Crippen molar-refractivity contribution in [3.63, 3.8) is 0 Å². The highest BCUT2D eigenvalue weighted by atomic mass is 19.1. The minimum absolute atomic E-state index is 0.136. The molecule has 1 aliphatic heterocycles. The lowest BCUT2D eigenvalue weighted by atomic mass is 10.2. The number of hydrogen-bond donors (Lipinski definition) is 2. The van der Waals surface area contributed by atoms with Crippen LogP contribution < -0.4 is 20.3 Å². The Bertz CT molecular complexity index is 821. The van der Waals surface area contributed by atoms with E-state index in [-0.39, 0.29) is 5.82 Å². The fraction of sp³-hybridized carbons (Fsp3) is 0.435. The van der Waals surface area contributed by atoms with Gasteiger partial charge in [0, 0.05) is 46.3 Å². The second kappa shape index (κ2) is 11.4. The molecule has 0 bridgehead atoms. The maximum atomic E-state index is 14.0. The molecule has 0 saturated carbocycles. The van der Waals surface area contributed by atoms with Gasteiger partial charge in [-0.05, 0) is 42.8 Å². The van der Waals surface area contributed by atoms with E-state index in [9.17, 15) is 4.39 Å². The number of para-hydroxylation sites is 1. The van der Waals surface area contributed by atoms with Crippen molar-refractivity contribution in [2.75, 3.05) is 58.3 Å². The molecular weight excluding hydrogens is 381 g/mol. The van der Waals surface area contributed by atoms with Crippen molar-refractivity contribution in [1.29, 1.82) is 0 Å². The zero-order chi connectivity index (χ0) is 21.2. The lowest BCUT2D eigenvalue weighted by Gasteiger charge is -2.36. The molecule has 0 radical (unpaired) electrons. The predicted molar refractivity (Wildman–Crippen MR) is 121 cm³/mol. The largest absolute Gasteiger partial charge is 0.497 e. The van der Waals surface area contributed by atoms with Gasteiger partial charge in [-0.25, -0.2) is 4.39 Å². The number of benzene rings is 2. The number of hydrogen-bond acceptors (Lipinski definition) is 4. The van der Waals surface area contributed by atoms with Crippen molar-refractivity contribution in [2.45, 2.75) is 13.0 Å². The molecule has 2 aromatic rings. The smallest absolute Gasteiger partial charge is 0.191 e. The molecule has 1 aliphatic rings. The van der Waals surface area contributed by atoms with E-state index in [4.69, 9.17) is 4.74 Å². The van der Waals surface area contributed by atoms with Gasteiger partial charge in [0.2, 0.25) is 0 Å². The van der Waals surface area contributed by atoms with Crippen LogP contribution >= 0.6 is 0 Å². The minimum Gasteiger partial charge on any atom is -0.497 e. The second-order valence-corrected chi connectivity index (χ2v) is 7.34. The number of anilines is 1. The number of piperazine rings is 1. The first-order chi connectivity index (χ1) is 14.7. The Morgan fingerprint density at radius 3 is 2.60 bits per heavy atom. The SMILES string of the molecule is CN=C(NCCCN1CCN(c2ccccc2F)CC1)NCc1cccc(OC)c1. The molecule has 2 N–H and O–H groups in total. The normalized spacial score (nSPS) is 15.2. The molecule has 0 unspecified atom stereocenters. The van der Waals surface area contributed by atoms with Crippen LogP contribution in [0.4, 0.5) is 10.1 Å². The molecule has 162 valence electrons. The Balaban J connectivity index is 1.33. The van der Waals surface area contributed by atoms with E-state index in [1.54, 1.807) is 20.2 Å². The Labute approximate surface area is 178 Å². The summed E-state index contributed by atoms with van der Waals surface area (Å²) in [4.78, 5) is 8.86. The van der Waals surface area contributed by atoms with Crippen molar-refractivity contribution in [1.82, 2.24) is 15.5 Å². The first-order valence-electron chi connectivity index (χ1n) is 10.5. The zero-order valence-electron chi connectivity index (χ0n) is 17.9. The van der Waals surface area contributed by atoms with Crippen molar-refractivity contribution in [3.8, 4) is 5.75 Å². The molecule has 1 heterocycles. The summed E-state index contributed by atoms with van der Waals surface area (Å²) in [5.41, 5.74) is 1.86. The van der Waals surface area contributed by atoms with Gasteiger partial charge in [-0.3, -0.25) is 9.89 Å². The van der Waals surface area contributed by atoms with Crippen LogP contribution in [0.2, 0.25) is 0 Å². The maximum Gasteiger partial charge on any atom is 0.191 e. The maximum absolute atomic E-state index is 14.0. The Hall–Kier alpha value is -2.80. The van der Waals surface area contributed by atoms with Crippen LogP contribution in [0.3, 0.4) is 0 Å². The monoisotopic (exact) mass is 413 g/mol. The van der Waals surface area contributed by atoms with E-state index in [0.717, 1.165) is 63.0 Å². The van der Waals surface area contributed by atoms with Crippen molar-refractivity contribution in [2.24, 2.45) is 4.99 Å². The summed E-state index contributed by atoms with van der Waals surface area (Å²) in [6.45, 7) is 6.19. The molecule has 1 saturated heterocycles. The molecule has 1 fully saturated rings. The first kappa shape index (κ1) is 21.9. The molecule has 0 aliphatic carbocycles. The van der Waals surface area contributed by atoms with E-state index in [1.165, 1.54) is 6.07 Å². The quantitative estimate of drug-likeness (QED) is 0.396. The Kier molecular flexibility index (Phi) is 8.32. The molecule has 0 aromatic heterocycles. The molecule has 7 heteroatoms. The van der Waals surface area contributed by atoms with E-state index in [2.05, 4.69) is 31.5 Å². The third-order valence-corrected chi connectivity index (χ3v) is 5.33. The predicted octanol–water partition coefficient (Wildman–Crippen LogP) is 2.71. The summed E-state index contributed by atoms with van der Waals surface area (Å²) < 4.78 is 19.2. The summed E-state index contributed by atoms with van der Waals surface area (Å²) >= 11 is 0. The van der Waals surface area contributed by atoms with Gasteiger partial charge in [0.25, 0.3) is 0 Å². The Morgan fingerprint density at radius 2 is 1.87 bits per heavy atom. The molecule has 6 nitrogen and oxygen atoms in total. The van der Waals surface area contributed by atoms with Gasteiger partial charge in [0.1, 0.15) is 11.6 Å². The summed E-state index contributed by atoms with van der Waals surface area (Å²) in [6.07, 6.45) is 1.03. The average Bonchev–Trinajstić information content (AvgIpc) is 2.79. The van der Waals surface area contributed by atoms with Gasteiger partial charge in [-0.15, -0.1) is 0 Å². The number of halogens is 1.